The first kappa shape index (κ1) is 23.3. The molecular formula is C22H21N3O8. The molecular weight excluding hydrogens is 434 g/mol. The van der Waals surface area contributed by atoms with Gasteiger partial charge in [0, 0.05) is 17.7 Å². The molecule has 11 heteroatoms. The van der Waals surface area contributed by atoms with Gasteiger partial charge in [-0.05, 0) is 13.8 Å². The third kappa shape index (κ3) is 5.45. The normalized spacial score (nSPS) is 11.4. The van der Waals surface area contributed by atoms with Crippen LogP contribution in [0.4, 0.5) is 11.5 Å². The van der Waals surface area contributed by atoms with Crippen molar-refractivity contribution in [3.05, 3.63) is 75.5 Å². The number of aromatic nitrogens is 1. The molecule has 0 saturated heterocycles. The first-order valence-electron chi connectivity index (χ1n) is 9.83. The van der Waals surface area contributed by atoms with Crippen LogP contribution in [0.3, 0.4) is 0 Å². The number of carbonyl (C=O) groups is 2. The van der Waals surface area contributed by atoms with E-state index in [0.29, 0.717) is 11.3 Å². The van der Waals surface area contributed by atoms with Crippen LogP contribution in [0.15, 0.2) is 53.1 Å². The highest BCUT2D eigenvalue weighted by Gasteiger charge is 2.31. The summed E-state index contributed by atoms with van der Waals surface area (Å²) >= 11 is 0. The molecule has 0 saturated carbocycles. The number of hydrogen-bond acceptors (Lipinski definition) is 9. The zero-order valence-electron chi connectivity index (χ0n) is 18.1. The third-order valence-electron chi connectivity index (χ3n) is 4.44. The van der Waals surface area contributed by atoms with E-state index in [0.717, 1.165) is 12.1 Å². The van der Waals surface area contributed by atoms with Crippen LogP contribution < -0.4 is 14.8 Å². The van der Waals surface area contributed by atoms with Gasteiger partial charge in [0.2, 0.25) is 6.10 Å². The topological polar surface area (TPSA) is 143 Å². The number of benzene rings is 2. The molecule has 1 atom stereocenters. The number of esters is 1. The quantitative estimate of drug-likeness (QED) is 0.289. The maximum absolute atomic E-state index is 13.0. The monoisotopic (exact) mass is 455 g/mol. The minimum Gasteiger partial charge on any atom is -0.493 e. The summed E-state index contributed by atoms with van der Waals surface area (Å²) in [6.45, 7) is 3.58. The summed E-state index contributed by atoms with van der Waals surface area (Å²) in [5.41, 5.74) is -0.598. The van der Waals surface area contributed by atoms with Crippen molar-refractivity contribution in [2.75, 3.05) is 19.0 Å². The summed E-state index contributed by atoms with van der Waals surface area (Å²) in [5, 5.41) is 17.8. The fraction of sp³-hybridized carbons (Fsp3) is 0.227. The number of nitrogens with one attached hydrogen (secondary N) is 1. The van der Waals surface area contributed by atoms with Crippen LogP contribution in [0, 0.1) is 17.0 Å². The van der Waals surface area contributed by atoms with Gasteiger partial charge in [-0.15, -0.1) is 0 Å². The maximum Gasteiger partial charge on any atom is 0.346 e. The summed E-state index contributed by atoms with van der Waals surface area (Å²) in [4.78, 5) is 36.8. The van der Waals surface area contributed by atoms with Gasteiger partial charge in [-0.1, -0.05) is 35.5 Å². The first-order valence-corrected chi connectivity index (χ1v) is 9.83. The Balaban J connectivity index is 1.96. The number of nitro benzene ring substituents is 1. The molecule has 0 aliphatic heterocycles. The Labute approximate surface area is 188 Å². The first-order chi connectivity index (χ1) is 15.8. The molecule has 0 fully saturated rings. The Kier molecular flexibility index (Phi) is 7.24. The minimum atomic E-state index is -1.42. The molecule has 0 aliphatic rings. The Morgan fingerprint density at radius 2 is 1.91 bits per heavy atom. The molecule has 1 heterocycles. The molecule has 0 spiro atoms. The molecule has 2 aromatic carbocycles. The number of ether oxygens (including phenoxy) is 3. The van der Waals surface area contributed by atoms with Crippen LogP contribution in [0.5, 0.6) is 11.5 Å². The molecule has 1 unspecified atom stereocenters. The summed E-state index contributed by atoms with van der Waals surface area (Å²) in [7, 11) is 1.33. The number of carbonyl (C=O) groups excluding carboxylic acids is 2. The van der Waals surface area contributed by atoms with Gasteiger partial charge in [0.1, 0.15) is 11.3 Å². The molecule has 33 heavy (non-hydrogen) atoms. The number of rotatable bonds is 9. The number of nitro groups is 1. The Hall–Kier alpha value is -4.41. The lowest BCUT2D eigenvalue weighted by atomic mass is 10.1. The van der Waals surface area contributed by atoms with Crippen LogP contribution >= 0.6 is 0 Å². The Morgan fingerprint density at radius 1 is 1.18 bits per heavy atom. The van der Waals surface area contributed by atoms with Crippen molar-refractivity contribution in [1.29, 1.82) is 0 Å². The van der Waals surface area contributed by atoms with Crippen molar-refractivity contribution in [2.24, 2.45) is 0 Å². The van der Waals surface area contributed by atoms with E-state index >= 15 is 0 Å². The standard InChI is InChI=1S/C22H21N3O8/c1-4-31-18-12-16(25(28)29)15(11-17(18)30-3)22(27)32-20(14-8-6-5-7-9-14)21(26)23-19-10-13(2)33-24-19/h5-12,20H,4H2,1-3H3,(H,23,24,26). The van der Waals surface area contributed by atoms with Crippen molar-refractivity contribution in [3.63, 3.8) is 0 Å². The van der Waals surface area contributed by atoms with Crippen LogP contribution in [0.25, 0.3) is 0 Å². The van der Waals surface area contributed by atoms with Gasteiger partial charge < -0.3 is 24.1 Å². The predicted octanol–water partition coefficient (Wildman–Crippen LogP) is 3.84. The minimum absolute atomic E-state index is 0.0991. The van der Waals surface area contributed by atoms with E-state index in [4.69, 9.17) is 18.7 Å². The van der Waals surface area contributed by atoms with E-state index in [-0.39, 0.29) is 23.9 Å². The largest absolute Gasteiger partial charge is 0.493 e. The van der Waals surface area contributed by atoms with Crippen molar-refractivity contribution >= 4 is 23.4 Å². The van der Waals surface area contributed by atoms with Gasteiger partial charge in [0.15, 0.2) is 17.3 Å². The Morgan fingerprint density at radius 3 is 2.48 bits per heavy atom. The average Bonchev–Trinajstić information content (AvgIpc) is 3.21. The second-order valence-corrected chi connectivity index (χ2v) is 6.72. The smallest absolute Gasteiger partial charge is 0.346 e. The molecule has 0 bridgehead atoms. The van der Waals surface area contributed by atoms with Crippen molar-refractivity contribution in [2.45, 2.75) is 20.0 Å². The van der Waals surface area contributed by atoms with Crippen molar-refractivity contribution in [3.8, 4) is 11.5 Å². The summed E-state index contributed by atoms with van der Waals surface area (Å²) in [5.74, 6) is -1.01. The number of aryl methyl sites for hydroxylation is 1. The molecule has 3 aromatic rings. The van der Waals surface area contributed by atoms with E-state index in [9.17, 15) is 19.7 Å². The Bertz CT molecular complexity index is 1160. The van der Waals surface area contributed by atoms with Crippen LogP contribution in [0.1, 0.15) is 34.7 Å². The molecule has 0 radical (unpaired) electrons. The van der Waals surface area contributed by atoms with Crippen LogP contribution in [0.2, 0.25) is 0 Å². The van der Waals surface area contributed by atoms with E-state index < -0.39 is 34.2 Å². The van der Waals surface area contributed by atoms with E-state index in [1.54, 1.807) is 44.2 Å². The lowest BCUT2D eigenvalue weighted by molar-refractivity contribution is -0.385. The number of anilines is 1. The predicted molar refractivity (Wildman–Crippen MR) is 115 cm³/mol. The fourth-order valence-electron chi connectivity index (χ4n) is 2.98. The molecule has 1 N–H and O–H groups in total. The number of nitrogens with zero attached hydrogens (tertiary/aromatic N) is 2. The maximum atomic E-state index is 13.0. The van der Waals surface area contributed by atoms with Gasteiger partial charge >= 0.3 is 5.97 Å². The molecule has 1 aromatic heterocycles. The summed E-state index contributed by atoms with van der Waals surface area (Å²) in [6.07, 6.45) is -1.42. The summed E-state index contributed by atoms with van der Waals surface area (Å²) < 4.78 is 20.9. The zero-order chi connectivity index (χ0) is 24.0. The number of hydrogen-bond donors (Lipinski definition) is 1. The fourth-order valence-corrected chi connectivity index (χ4v) is 2.98. The van der Waals surface area contributed by atoms with E-state index in [2.05, 4.69) is 10.5 Å². The van der Waals surface area contributed by atoms with Gasteiger partial charge in [0.05, 0.1) is 24.7 Å². The lowest BCUT2D eigenvalue weighted by Gasteiger charge is -2.18. The van der Waals surface area contributed by atoms with Gasteiger partial charge in [0.25, 0.3) is 11.6 Å². The van der Waals surface area contributed by atoms with Crippen LogP contribution in [-0.4, -0.2) is 35.7 Å². The SMILES string of the molecule is CCOc1cc([N+](=O)[O-])c(C(=O)OC(C(=O)Nc2cc(C)on2)c2ccccc2)cc1OC. The van der Waals surface area contributed by atoms with Crippen LogP contribution in [-0.2, 0) is 9.53 Å². The van der Waals surface area contributed by atoms with E-state index in [1.165, 1.54) is 13.2 Å². The molecule has 0 aliphatic carbocycles. The number of amides is 1. The highest BCUT2D eigenvalue weighted by atomic mass is 16.6. The highest BCUT2D eigenvalue weighted by Crippen LogP contribution is 2.36. The third-order valence-corrected chi connectivity index (χ3v) is 4.44. The number of methoxy groups -OCH3 is 1. The molecule has 1 amide bonds. The molecule has 172 valence electrons. The second-order valence-electron chi connectivity index (χ2n) is 6.72. The van der Waals surface area contributed by atoms with Gasteiger partial charge in [-0.2, -0.15) is 0 Å². The zero-order valence-corrected chi connectivity index (χ0v) is 18.1. The van der Waals surface area contributed by atoms with Crippen molar-refractivity contribution < 1.29 is 33.2 Å². The van der Waals surface area contributed by atoms with Gasteiger partial charge in [-0.3, -0.25) is 14.9 Å². The van der Waals surface area contributed by atoms with E-state index in [1.807, 2.05) is 0 Å². The lowest BCUT2D eigenvalue weighted by Crippen LogP contribution is -2.26. The average molecular weight is 455 g/mol. The highest BCUT2D eigenvalue weighted by molar-refractivity contribution is 5.99. The van der Waals surface area contributed by atoms with Crippen molar-refractivity contribution in [1.82, 2.24) is 5.16 Å². The molecule has 11 nitrogen and oxygen atoms in total. The second kappa shape index (κ2) is 10.3. The summed E-state index contributed by atoms with van der Waals surface area (Å²) in [6, 6.07) is 11.9. The van der Waals surface area contributed by atoms with Gasteiger partial charge in [-0.25, -0.2) is 4.79 Å². The molecule has 3 rings (SSSR count).